The summed E-state index contributed by atoms with van der Waals surface area (Å²) < 4.78 is 0. The van der Waals surface area contributed by atoms with Crippen molar-refractivity contribution in [1.29, 1.82) is 0 Å². The van der Waals surface area contributed by atoms with E-state index in [2.05, 4.69) is 51.2 Å². The molecule has 0 aromatic carbocycles. The van der Waals surface area contributed by atoms with E-state index in [9.17, 15) is 14.4 Å². The molecule has 6 aliphatic carbocycles. The van der Waals surface area contributed by atoms with E-state index in [-0.39, 0.29) is 0 Å². The van der Waals surface area contributed by atoms with Gasteiger partial charge in [0.1, 0.15) is 17.3 Å². The Morgan fingerprint density at radius 3 is 0.863 bits per heavy atom. The van der Waals surface area contributed by atoms with E-state index >= 15 is 0 Å². The maximum absolute atomic E-state index is 12.2. The van der Waals surface area contributed by atoms with E-state index in [1.165, 1.54) is 116 Å². The summed E-state index contributed by atoms with van der Waals surface area (Å²) in [5.74, 6) is 6.67. The molecule has 3 aliphatic heterocycles. The molecule has 0 N–H and O–H groups in total. The molecule has 0 spiro atoms. The van der Waals surface area contributed by atoms with Gasteiger partial charge in [0.15, 0.2) is 0 Å². The van der Waals surface area contributed by atoms with Crippen molar-refractivity contribution < 1.29 is 14.4 Å². The van der Waals surface area contributed by atoms with Crippen molar-refractivity contribution in [3.63, 3.8) is 0 Å². The molecule has 0 amide bonds. The molecule has 282 valence electrons. The third-order valence-electron chi connectivity index (χ3n) is 14.4. The van der Waals surface area contributed by atoms with E-state index in [0.717, 1.165) is 75.9 Å². The number of rotatable bonds is 12. The number of fused-ring (bicyclic) bond motifs is 6. The van der Waals surface area contributed by atoms with Crippen molar-refractivity contribution in [1.82, 2.24) is 14.7 Å². The van der Waals surface area contributed by atoms with Crippen molar-refractivity contribution in [3.05, 3.63) is 36.5 Å². The standard InChI is InChI=1S/3C15H23NO/c3*17-15(6-9-16-7-2-1-3-8-16)14-11-12-4-5-13(14)10-12/h3*4-5,12-14H,1-3,6-11H2. The molecule has 6 bridgehead atoms. The highest BCUT2D eigenvalue weighted by molar-refractivity contribution is 5.83. The van der Waals surface area contributed by atoms with Gasteiger partial charge in [0.2, 0.25) is 0 Å². The number of piperidine rings is 3. The van der Waals surface area contributed by atoms with Crippen LogP contribution in [0.15, 0.2) is 36.5 Å². The van der Waals surface area contributed by atoms with Crippen LogP contribution in [0.3, 0.4) is 0 Å². The number of hydrogen-bond donors (Lipinski definition) is 0. The summed E-state index contributed by atoms with van der Waals surface area (Å²) in [5, 5.41) is 0. The van der Waals surface area contributed by atoms with Crippen LogP contribution in [0.5, 0.6) is 0 Å². The van der Waals surface area contributed by atoms with E-state index in [1.54, 1.807) is 0 Å². The number of ketones is 3. The van der Waals surface area contributed by atoms with Gasteiger partial charge in [-0.15, -0.1) is 0 Å². The van der Waals surface area contributed by atoms with E-state index in [4.69, 9.17) is 0 Å². The van der Waals surface area contributed by atoms with Gasteiger partial charge in [-0.1, -0.05) is 55.7 Å². The summed E-state index contributed by atoms with van der Waals surface area (Å²) in [4.78, 5) is 44.1. The number of nitrogens with zero attached hydrogens (tertiary/aromatic N) is 3. The Labute approximate surface area is 309 Å². The zero-order valence-corrected chi connectivity index (χ0v) is 31.8. The number of hydrogen-bond acceptors (Lipinski definition) is 6. The first-order valence-corrected chi connectivity index (χ1v) is 21.8. The van der Waals surface area contributed by atoms with Gasteiger partial charge in [-0.2, -0.15) is 0 Å². The van der Waals surface area contributed by atoms with Crippen molar-refractivity contribution in [2.45, 2.75) is 116 Å². The second-order valence-corrected chi connectivity index (χ2v) is 18.0. The first-order chi connectivity index (χ1) is 25.0. The minimum absolute atomic E-state index is 0.370. The highest BCUT2D eigenvalue weighted by Crippen LogP contribution is 2.46. The van der Waals surface area contributed by atoms with Crippen molar-refractivity contribution in [2.75, 3.05) is 58.9 Å². The van der Waals surface area contributed by atoms with Gasteiger partial charge in [-0.25, -0.2) is 0 Å². The number of allylic oxidation sites excluding steroid dienone is 6. The minimum Gasteiger partial charge on any atom is -0.303 e. The lowest BCUT2D eigenvalue weighted by Crippen LogP contribution is -2.33. The van der Waals surface area contributed by atoms with E-state index in [1.807, 2.05) is 0 Å². The number of Topliss-reactive ketones (excluding diaryl/α,β-unsaturated/α-hetero) is 3. The maximum Gasteiger partial charge on any atom is 0.137 e. The summed E-state index contributed by atoms with van der Waals surface area (Å²) in [5.41, 5.74) is 0. The Balaban J connectivity index is 0.000000119. The maximum atomic E-state index is 12.2. The van der Waals surface area contributed by atoms with Crippen molar-refractivity contribution in [3.8, 4) is 0 Å². The monoisotopic (exact) mass is 700 g/mol. The Morgan fingerprint density at radius 1 is 0.373 bits per heavy atom. The SMILES string of the molecule is O=C(CCN1CCCCC1)C1CC2C=CC1C2.O=C(CCN1CCCCC1)C1CC2C=CC1C2.O=C(CCN1CCCCC1)C1CC2C=CC1C2. The van der Waals surface area contributed by atoms with Gasteiger partial charge >= 0.3 is 0 Å². The van der Waals surface area contributed by atoms with Crippen molar-refractivity contribution in [2.24, 2.45) is 53.3 Å². The molecule has 0 radical (unpaired) electrons. The number of likely N-dealkylation sites (tertiary alicyclic amines) is 3. The van der Waals surface area contributed by atoms with Crippen LogP contribution in [0.25, 0.3) is 0 Å². The van der Waals surface area contributed by atoms with Crippen LogP contribution in [0.4, 0.5) is 0 Å². The van der Waals surface area contributed by atoms with Gasteiger partial charge < -0.3 is 14.7 Å². The third kappa shape index (κ3) is 10.2. The highest BCUT2D eigenvalue weighted by atomic mass is 16.1. The Bertz CT molecular complexity index is 1100. The van der Waals surface area contributed by atoms with Gasteiger partial charge in [0.25, 0.3) is 0 Å². The third-order valence-corrected chi connectivity index (χ3v) is 14.4. The largest absolute Gasteiger partial charge is 0.303 e. The van der Waals surface area contributed by atoms with Crippen LogP contribution < -0.4 is 0 Å². The topological polar surface area (TPSA) is 60.9 Å². The first-order valence-electron chi connectivity index (χ1n) is 21.8. The summed E-state index contributed by atoms with van der Waals surface area (Å²) in [7, 11) is 0. The molecule has 6 heteroatoms. The zero-order chi connectivity index (χ0) is 35.0. The normalized spacial score (nSPS) is 36.6. The minimum atomic E-state index is 0.370. The van der Waals surface area contributed by atoms with Crippen LogP contribution in [-0.2, 0) is 14.4 Å². The molecule has 6 nitrogen and oxygen atoms in total. The van der Waals surface area contributed by atoms with Crippen LogP contribution >= 0.6 is 0 Å². The summed E-state index contributed by atoms with van der Waals surface area (Å²) >= 11 is 0. The molecule has 0 aromatic rings. The van der Waals surface area contributed by atoms with E-state index < -0.39 is 0 Å². The molecule has 0 aromatic heterocycles. The molecule has 3 heterocycles. The van der Waals surface area contributed by atoms with Crippen LogP contribution in [-0.4, -0.2) is 91.0 Å². The van der Waals surface area contributed by atoms with E-state index in [0.29, 0.717) is 52.9 Å². The molecule has 6 fully saturated rings. The lowest BCUT2D eigenvalue weighted by Gasteiger charge is -2.27. The quantitative estimate of drug-likeness (QED) is 0.193. The Kier molecular flexibility index (Phi) is 13.5. The summed E-state index contributed by atoms with van der Waals surface area (Å²) in [6, 6.07) is 0. The average Bonchev–Trinajstić information content (AvgIpc) is 4.06. The zero-order valence-electron chi connectivity index (χ0n) is 31.8. The smallest absolute Gasteiger partial charge is 0.137 e. The molecule has 51 heavy (non-hydrogen) atoms. The van der Waals surface area contributed by atoms with Crippen LogP contribution in [0.1, 0.15) is 116 Å². The highest BCUT2D eigenvalue weighted by Gasteiger charge is 2.41. The fourth-order valence-electron chi connectivity index (χ4n) is 11.4. The van der Waals surface area contributed by atoms with Crippen LogP contribution in [0, 0.1) is 53.3 Å². The molecule has 9 unspecified atom stereocenters. The van der Waals surface area contributed by atoms with Crippen LogP contribution in [0.2, 0.25) is 0 Å². The predicted molar refractivity (Wildman–Crippen MR) is 206 cm³/mol. The van der Waals surface area contributed by atoms with Gasteiger partial charge in [-0.05, 0) is 152 Å². The average molecular weight is 700 g/mol. The number of carbonyl (C=O) groups excluding carboxylic acids is 3. The molecule has 9 rings (SSSR count). The van der Waals surface area contributed by atoms with Crippen molar-refractivity contribution >= 4 is 17.3 Å². The lowest BCUT2D eigenvalue weighted by molar-refractivity contribution is -0.124. The fraction of sp³-hybridized carbons (Fsp3) is 0.800. The lowest BCUT2D eigenvalue weighted by atomic mass is 9.88. The second-order valence-electron chi connectivity index (χ2n) is 18.0. The molecule has 3 saturated carbocycles. The Morgan fingerprint density at radius 2 is 0.647 bits per heavy atom. The number of carbonyl (C=O) groups is 3. The molecule has 3 saturated heterocycles. The summed E-state index contributed by atoms with van der Waals surface area (Å²) in [6.07, 6.45) is 35.4. The molecular formula is C45H69N3O3. The first kappa shape index (κ1) is 37.4. The van der Waals surface area contributed by atoms with Gasteiger partial charge in [0.05, 0.1) is 0 Å². The van der Waals surface area contributed by atoms with Gasteiger partial charge in [-0.3, -0.25) is 14.4 Å². The molecule has 9 atom stereocenters. The predicted octanol–water partition coefficient (Wildman–Crippen LogP) is 7.93. The fourth-order valence-corrected chi connectivity index (χ4v) is 11.4. The second kappa shape index (κ2) is 18.4. The van der Waals surface area contributed by atoms with Gasteiger partial charge in [0, 0.05) is 56.7 Å². The molecular weight excluding hydrogens is 631 g/mol. The summed E-state index contributed by atoms with van der Waals surface area (Å²) in [6.45, 7) is 10.3. The molecule has 9 aliphatic rings. The Hall–Kier alpha value is -1.89.